The number of amides is 1. The van der Waals surface area contributed by atoms with Crippen LogP contribution in [0.1, 0.15) is 41.6 Å². The Kier molecular flexibility index (Phi) is 7.08. The van der Waals surface area contributed by atoms with Gasteiger partial charge in [0.25, 0.3) is 5.91 Å². The van der Waals surface area contributed by atoms with Gasteiger partial charge in [-0.25, -0.2) is 9.97 Å². The molecule has 0 spiro atoms. The minimum atomic E-state index is -0.590. The molecule has 3 heterocycles. The molecular formula is C26H28N6O2. The summed E-state index contributed by atoms with van der Waals surface area (Å²) in [5, 5.41) is 17.1. The van der Waals surface area contributed by atoms with Crippen LogP contribution in [0.2, 0.25) is 0 Å². The summed E-state index contributed by atoms with van der Waals surface area (Å²) in [6.45, 7) is 4.55. The summed E-state index contributed by atoms with van der Waals surface area (Å²) in [7, 11) is 1.62. The zero-order valence-corrected chi connectivity index (χ0v) is 19.5. The second-order valence-corrected chi connectivity index (χ2v) is 8.38. The van der Waals surface area contributed by atoms with Gasteiger partial charge in [0.05, 0.1) is 28.6 Å². The normalized spacial score (nSPS) is 12.0. The van der Waals surface area contributed by atoms with E-state index in [0.717, 1.165) is 27.7 Å². The van der Waals surface area contributed by atoms with Gasteiger partial charge in [-0.15, -0.1) is 0 Å². The van der Waals surface area contributed by atoms with E-state index in [2.05, 4.69) is 30.6 Å². The van der Waals surface area contributed by atoms with Crippen LogP contribution in [0.25, 0.3) is 22.2 Å². The topological polar surface area (TPSA) is 113 Å². The monoisotopic (exact) mass is 456 g/mol. The molecule has 1 amide bonds. The molecular weight excluding hydrogens is 428 g/mol. The van der Waals surface area contributed by atoms with E-state index in [1.807, 2.05) is 50.2 Å². The number of nitrogens with zero attached hydrogens (tertiary/aromatic N) is 4. The first kappa shape index (κ1) is 23.3. The number of aliphatic hydroxyl groups is 1. The Morgan fingerprint density at radius 1 is 1.06 bits per heavy atom. The molecule has 34 heavy (non-hydrogen) atoms. The van der Waals surface area contributed by atoms with Gasteiger partial charge in [-0.05, 0) is 36.1 Å². The number of anilines is 1. The van der Waals surface area contributed by atoms with E-state index >= 15 is 0 Å². The molecule has 3 N–H and O–H groups in total. The van der Waals surface area contributed by atoms with Gasteiger partial charge in [0.15, 0.2) is 0 Å². The number of hydrogen-bond acceptors (Lipinski definition) is 7. The van der Waals surface area contributed by atoms with Crippen LogP contribution in [0.5, 0.6) is 0 Å². The van der Waals surface area contributed by atoms with E-state index in [1.54, 1.807) is 25.5 Å². The number of nitrogens with one attached hydrogen (secondary N) is 2. The third-order valence-electron chi connectivity index (χ3n) is 5.71. The van der Waals surface area contributed by atoms with Gasteiger partial charge in [0, 0.05) is 43.0 Å². The molecule has 3 aromatic heterocycles. The van der Waals surface area contributed by atoms with Crippen LogP contribution in [-0.2, 0) is 6.42 Å². The molecule has 1 atom stereocenters. The molecule has 8 nitrogen and oxygen atoms in total. The van der Waals surface area contributed by atoms with Gasteiger partial charge in [-0.2, -0.15) is 0 Å². The van der Waals surface area contributed by atoms with Crippen molar-refractivity contribution in [1.29, 1.82) is 0 Å². The lowest BCUT2D eigenvalue weighted by Crippen LogP contribution is -2.18. The summed E-state index contributed by atoms with van der Waals surface area (Å²) in [6, 6.07) is 13.2. The van der Waals surface area contributed by atoms with E-state index in [1.165, 1.54) is 6.33 Å². The maximum Gasteiger partial charge on any atom is 0.251 e. The smallest absolute Gasteiger partial charge is 0.251 e. The van der Waals surface area contributed by atoms with Crippen LogP contribution in [-0.4, -0.2) is 44.5 Å². The van der Waals surface area contributed by atoms with Gasteiger partial charge in [0.1, 0.15) is 12.1 Å². The molecule has 1 unspecified atom stereocenters. The lowest BCUT2D eigenvalue weighted by Gasteiger charge is -2.14. The van der Waals surface area contributed by atoms with Crippen molar-refractivity contribution in [1.82, 2.24) is 25.3 Å². The summed E-state index contributed by atoms with van der Waals surface area (Å²) in [5.41, 5.74) is 4.73. The number of para-hydroxylation sites is 1. The third kappa shape index (κ3) is 5.02. The molecule has 0 aliphatic heterocycles. The van der Waals surface area contributed by atoms with E-state index in [9.17, 15) is 9.90 Å². The first-order chi connectivity index (χ1) is 16.5. The maximum atomic E-state index is 12.2. The Morgan fingerprint density at radius 2 is 1.91 bits per heavy atom. The van der Waals surface area contributed by atoms with E-state index in [-0.39, 0.29) is 11.8 Å². The van der Waals surface area contributed by atoms with Crippen molar-refractivity contribution in [2.45, 2.75) is 26.4 Å². The lowest BCUT2D eigenvalue weighted by atomic mass is 10.0. The molecule has 8 heteroatoms. The first-order valence-corrected chi connectivity index (χ1v) is 11.3. The predicted octanol–water partition coefficient (Wildman–Crippen LogP) is 3.79. The highest BCUT2D eigenvalue weighted by molar-refractivity contribution is 6.06. The van der Waals surface area contributed by atoms with Crippen molar-refractivity contribution in [3.63, 3.8) is 0 Å². The van der Waals surface area contributed by atoms with Crippen LogP contribution in [0.4, 0.5) is 5.82 Å². The van der Waals surface area contributed by atoms with Crippen LogP contribution < -0.4 is 10.6 Å². The molecule has 1 aromatic carbocycles. The Bertz CT molecular complexity index is 1290. The number of hydrogen-bond donors (Lipinski definition) is 3. The van der Waals surface area contributed by atoms with E-state index < -0.39 is 6.10 Å². The number of aliphatic hydroxyl groups excluding tert-OH is 1. The minimum Gasteiger partial charge on any atom is -0.387 e. The van der Waals surface area contributed by atoms with Crippen molar-refractivity contribution in [2.75, 3.05) is 18.9 Å². The maximum absolute atomic E-state index is 12.2. The molecule has 0 bridgehead atoms. The Morgan fingerprint density at radius 3 is 2.65 bits per heavy atom. The van der Waals surface area contributed by atoms with E-state index in [0.29, 0.717) is 30.0 Å². The number of carbonyl (C=O) groups excluding carboxylic acids is 1. The molecule has 0 aliphatic carbocycles. The summed E-state index contributed by atoms with van der Waals surface area (Å²) in [5.74, 6) is 0.675. The highest BCUT2D eigenvalue weighted by atomic mass is 16.3. The number of aromatic nitrogens is 4. The molecule has 0 saturated carbocycles. The van der Waals surface area contributed by atoms with Crippen molar-refractivity contribution in [3.8, 4) is 11.3 Å². The lowest BCUT2D eigenvalue weighted by molar-refractivity contribution is 0.0964. The Labute approximate surface area is 198 Å². The SMILES string of the molecule is CNC(=O)c1ccnc2c(CCNc3cc(-c4ccc(C(O)C(C)C)nc4)ncn3)cccc12. The molecule has 174 valence electrons. The average Bonchev–Trinajstić information content (AvgIpc) is 2.87. The number of pyridine rings is 2. The molecule has 0 aliphatic rings. The standard InChI is InChI=1S/C26H28N6O2/c1-16(2)25(33)21-8-7-18(14-30-21)22-13-23(32-15-31-22)28-11-9-17-5-4-6-19-20(26(34)27-3)10-12-29-24(17)19/h4-8,10,12-16,25,33H,9,11H2,1-3H3,(H,27,34)(H,28,31,32). The van der Waals surface area contributed by atoms with Crippen molar-refractivity contribution in [2.24, 2.45) is 5.92 Å². The first-order valence-electron chi connectivity index (χ1n) is 11.3. The fraction of sp³-hybridized carbons (Fsp3) is 0.269. The largest absolute Gasteiger partial charge is 0.387 e. The van der Waals surface area contributed by atoms with Gasteiger partial charge in [-0.3, -0.25) is 14.8 Å². The molecule has 4 aromatic rings. The second kappa shape index (κ2) is 10.4. The average molecular weight is 457 g/mol. The zero-order chi connectivity index (χ0) is 24.1. The van der Waals surface area contributed by atoms with Gasteiger partial charge in [-0.1, -0.05) is 32.0 Å². The molecule has 0 radical (unpaired) electrons. The van der Waals surface area contributed by atoms with Gasteiger partial charge < -0.3 is 15.7 Å². The fourth-order valence-electron chi connectivity index (χ4n) is 3.78. The fourth-order valence-corrected chi connectivity index (χ4v) is 3.78. The molecule has 0 saturated heterocycles. The third-order valence-corrected chi connectivity index (χ3v) is 5.71. The Hall–Kier alpha value is -3.91. The van der Waals surface area contributed by atoms with Gasteiger partial charge >= 0.3 is 0 Å². The number of benzene rings is 1. The quantitative estimate of drug-likeness (QED) is 0.370. The van der Waals surface area contributed by atoms with Crippen LogP contribution >= 0.6 is 0 Å². The number of carbonyl (C=O) groups is 1. The summed E-state index contributed by atoms with van der Waals surface area (Å²) in [6.07, 6.45) is 5.03. The van der Waals surface area contributed by atoms with Crippen molar-refractivity contribution >= 4 is 22.6 Å². The van der Waals surface area contributed by atoms with Gasteiger partial charge in [0.2, 0.25) is 0 Å². The van der Waals surface area contributed by atoms with Crippen LogP contribution in [0, 0.1) is 5.92 Å². The van der Waals surface area contributed by atoms with E-state index in [4.69, 9.17) is 0 Å². The summed E-state index contributed by atoms with van der Waals surface area (Å²) in [4.78, 5) is 29.8. The molecule has 0 fully saturated rings. The Balaban J connectivity index is 1.46. The number of fused-ring (bicyclic) bond motifs is 1. The number of rotatable bonds is 8. The predicted molar refractivity (Wildman–Crippen MR) is 132 cm³/mol. The zero-order valence-electron chi connectivity index (χ0n) is 19.5. The minimum absolute atomic E-state index is 0.0977. The summed E-state index contributed by atoms with van der Waals surface area (Å²) >= 11 is 0. The second-order valence-electron chi connectivity index (χ2n) is 8.38. The highest BCUT2D eigenvalue weighted by Crippen LogP contribution is 2.24. The summed E-state index contributed by atoms with van der Waals surface area (Å²) < 4.78 is 0. The highest BCUT2D eigenvalue weighted by Gasteiger charge is 2.14. The van der Waals surface area contributed by atoms with Crippen molar-refractivity contribution in [3.05, 3.63) is 78.0 Å². The van der Waals surface area contributed by atoms with Crippen LogP contribution in [0.15, 0.2) is 61.2 Å². The molecule has 4 rings (SSSR count). The van der Waals surface area contributed by atoms with Crippen molar-refractivity contribution < 1.29 is 9.90 Å². The van der Waals surface area contributed by atoms with Crippen LogP contribution in [0.3, 0.4) is 0 Å².